The van der Waals surface area contributed by atoms with E-state index in [0.717, 1.165) is 37.6 Å². The van der Waals surface area contributed by atoms with Crippen LogP contribution in [0, 0.1) is 0 Å². The van der Waals surface area contributed by atoms with E-state index in [1.54, 1.807) is 14.2 Å². The lowest BCUT2D eigenvalue weighted by Crippen LogP contribution is -2.46. The normalized spacial score (nSPS) is 17.3. The van der Waals surface area contributed by atoms with Crippen molar-refractivity contribution in [1.29, 1.82) is 0 Å². The Kier molecular flexibility index (Phi) is 7.77. The van der Waals surface area contributed by atoms with Gasteiger partial charge < -0.3 is 24.1 Å². The van der Waals surface area contributed by atoms with Gasteiger partial charge in [-0.25, -0.2) is 4.98 Å². The highest BCUT2D eigenvalue weighted by Gasteiger charge is 2.27. The number of halogens is 1. The summed E-state index contributed by atoms with van der Waals surface area (Å²) in [6.07, 6.45) is 3.84. The third kappa shape index (κ3) is 4.66. The van der Waals surface area contributed by atoms with Crippen molar-refractivity contribution in [2.75, 3.05) is 40.5 Å². The van der Waals surface area contributed by atoms with E-state index in [-0.39, 0.29) is 18.4 Å². The molecule has 0 aliphatic carbocycles. The molecule has 0 amide bonds. The molecule has 1 aromatic carbocycles. The smallest absolute Gasteiger partial charge is 0.203 e. The summed E-state index contributed by atoms with van der Waals surface area (Å²) in [5, 5.41) is 3.47. The molecule has 2 heterocycles. The third-order valence-corrected chi connectivity index (χ3v) is 4.71. The molecule has 0 radical (unpaired) electrons. The number of rotatable bonds is 7. The number of aryl methyl sites for hydroxylation is 1. The number of hydrogen-bond acceptors (Lipinski definition) is 6. The van der Waals surface area contributed by atoms with E-state index in [4.69, 9.17) is 14.2 Å². The topological polar surface area (TPSA) is 60.8 Å². The lowest BCUT2D eigenvalue weighted by atomic mass is 10.1. The molecule has 0 bridgehead atoms. The average molecular weight is 397 g/mol. The first-order valence-corrected chi connectivity index (χ1v) is 8.97. The summed E-state index contributed by atoms with van der Waals surface area (Å²) in [5.41, 5.74) is 1.13. The van der Waals surface area contributed by atoms with E-state index in [1.807, 2.05) is 38.5 Å². The van der Waals surface area contributed by atoms with Crippen molar-refractivity contribution in [3.8, 4) is 17.2 Å². The molecule has 0 saturated carbocycles. The van der Waals surface area contributed by atoms with Gasteiger partial charge in [0.2, 0.25) is 5.75 Å². The van der Waals surface area contributed by atoms with Gasteiger partial charge in [-0.2, -0.15) is 0 Å². The Morgan fingerprint density at radius 3 is 2.48 bits per heavy atom. The summed E-state index contributed by atoms with van der Waals surface area (Å²) in [6, 6.07) is 4.29. The van der Waals surface area contributed by atoms with Crippen LogP contribution in [-0.4, -0.2) is 54.9 Å². The largest absolute Gasteiger partial charge is 0.493 e. The molecule has 150 valence electrons. The maximum absolute atomic E-state index is 5.70. The predicted octanol–water partition coefficient (Wildman–Crippen LogP) is 2.40. The van der Waals surface area contributed by atoms with Crippen LogP contribution in [0.2, 0.25) is 0 Å². The monoisotopic (exact) mass is 396 g/mol. The second kappa shape index (κ2) is 9.82. The first-order valence-electron chi connectivity index (χ1n) is 8.97. The standard InChI is InChI=1S/C19H28N4O3.ClH/c1-5-26-18-16(24-3)10-14(11-17(18)25-4)13-23-9-6-20-12-15(23)19-21-7-8-22(19)2;/h7-8,10-11,15,20H,5-6,9,12-13H2,1-4H3;1H. The second-order valence-corrected chi connectivity index (χ2v) is 6.35. The Morgan fingerprint density at radius 1 is 1.22 bits per heavy atom. The molecule has 1 N–H and O–H groups in total. The molecule has 1 saturated heterocycles. The third-order valence-electron chi connectivity index (χ3n) is 4.71. The maximum atomic E-state index is 5.70. The number of ether oxygens (including phenoxy) is 3. The van der Waals surface area contributed by atoms with E-state index in [0.29, 0.717) is 23.9 Å². The Morgan fingerprint density at radius 2 is 1.93 bits per heavy atom. The molecular formula is C19H29ClN4O3. The van der Waals surface area contributed by atoms with Crippen molar-refractivity contribution in [2.45, 2.75) is 19.5 Å². The summed E-state index contributed by atoms with van der Waals surface area (Å²) in [4.78, 5) is 6.99. The summed E-state index contributed by atoms with van der Waals surface area (Å²) >= 11 is 0. The van der Waals surface area contributed by atoms with Gasteiger partial charge in [0.15, 0.2) is 11.5 Å². The summed E-state index contributed by atoms with van der Waals surface area (Å²) in [7, 11) is 5.35. The average Bonchev–Trinajstić information content (AvgIpc) is 3.09. The van der Waals surface area contributed by atoms with E-state index >= 15 is 0 Å². The van der Waals surface area contributed by atoms with Crippen molar-refractivity contribution >= 4 is 12.4 Å². The van der Waals surface area contributed by atoms with Crippen LogP contribution in [0.15, 0.2) is 24.5 Å². The maximum Gasteiger partial charge on any atom is 0.203 e. The van der Waals surface area contributed by atoms with Gasteiger partial charge in [-0.3, -0.25) is 4.90 Å². The Hall–Kier alpha value is -1.96. The van der Waals surface area contributed by atoms with Crippen molar-refractivity contribution in [3.05, 3.63) is 35.9 Å². The molecule has 3 rings (SSSR count). The van der Waals surface area contributed by atoms with Crippen molar-refractivity contribution in [3.63, 3.8) is 0 Å². The van der Waals surface area contributed by atoms with Crippen LogP contribution >= 0.6 is 12.4 Å². The zero-order valence-electron chi connectivity index (χ0n) is 16.4. The molecular weight excluding hydrogens is 368 g/mol. The molecule has 0 spiro atoms. The fourth-order valence-corrected chi connectivity index (χ4v) is 3.44. The van der Waals surface area contributed by atoms with Gasteiger partial charge in [0, 0.05) is 45.6 Å². The fourth-order valence-electron chi connectivity index (χ4n) is 3.44. The van der Waals surface area contributed by atoms with E-state index in [1.165, 1.54) is 0 Å². The molecule has 8 heteroatoms. The fraction of sp³-hybridized carbons (Fsp3) is 0.526. The molecule has 1 aliphatic heterocycles. The SMILES string of the molecule is CCOc1c(OC)cc(CN2CCNCC2c2nccn2C)cc1OC.Cl. The van der Waals surface area contributed by atoms with Crippen molar-refractivity contribution in [1.82, 2.24) is 19.8 Å². The highest BCUT2D eigenvalue weighted by molar-refractivity contribution is 5.85. The number of piperazine rings is 1. The number of hydrogen-bond donors (Lipinski definition) is 1. The molecule has 1 aliphatic rings. The van der Waals surface area contributed by atoms with Crippen LogP contribution < -0.4 is 19.5 Å². The first-order chi connectivity index (χ1) is 12.7. The van der Waals surface area contributed by atoms with Crippen LogP contribution in [0.5, 0.6) is 17.2 Å². The molecule has 7 nitrogen and oxygen atoms in total. The van der Waals surface area contributed by atoms with Crippen molar-refractivity contribution in [2.24, 2.45) is 7.05 Å². The molecule has 1 fully saturated rings. The molecule has 1 unspecified atom stereocenters. The van der Waals surface area contributed by atoms with Gasteiger partial charge in [0.25, 0.3) is 0 Å². The lowest BCUT2D eigenvalue weighted by molar-refractivity contribution is 0.144. The first kappa shape index (κ1) is 21.3. The number of aromatic nitrogens is 2. The summed E-state index contributed by atoms with van der Waals surface area (Å²) in [5.74, 6) is 3.12. The zero-order chi connectivity index (χ0) is 18.5. The van der Waals surface area contributed by atoms with Crippen molar-refractivity contribution < 1.29 is 14.2 Å². The van der Waals surface area contributed by atoms with Gasteiger partial charge in [-0.1, -0.05) is 0 Å². The lowest BCUT2D eigenvalue weighted by Gasteiger charge is -2.35. The van der Waals surface area contributed by atoms with Gasteiger partial charge in [0.05, 0.1) is 26.9 Å². The van der Waals surface area contributed by atoms with Crippen LogP contribution in [0.1, 0.15) is 24.4 Å². The highest BCUT2D eigenvalue weighted by atomic mass is 35.5. The van der Waals surface area contributed by atoms with Gasteiger partial charge in [0.1, 0.15) is 5.82 Å². The quantitative estimate of drug-likeness (QED) is 0.775. The van der Waals surface area contributed by atoms with Gasteiger partial charge >= 0.3 is 0 Å². The van der Waals surface area contributed by atoms with Crippen LogP contribution in [0.3, 0.4) is 0 Å². The Balaban J connectivity index is 0.00000261. The van der Waals surface area contributed by atoms with E-state index in [2.05, 4.69) is 19.8 Å². The molecule has 1 atom stereocenters. The summed E-state index contributed by atoms with van der Waals surface area (Å²) in [6.45, 7) is 6.10. The number of nitrogens with one attached hydrogen (secondary N) is 1. The van der Waals surface area contributed by atoms with Crippen LogP contribution in [-0.2, 0) is 13.6 Å². The highest BCUT2D eigenvalue weighted by Crippen LogP contribution is 2.39. The molecule has 1 aromatic heterocycles. The minimum Gasteiger partial charge on any atom is -0.493 e. The second-order valence-electron chi connectivity index (χ2n) is 6.35. The number of benzene rings is 1. The predicted molar refractivity (Wildman–Crippen MR) is 107 cm³/mol. The number of nitrogens with zero attached hydrogens (tertiary/aromatic N) is 3. The van der Waals surface area contributed by atoms with Gasteiger partial charge in [-0.05, 0) is 24.6 Å². The van der Waals surface area contributed by atoms with Crippen LogP contribution in [0.4, 0.5) is 0 Å². The summed E-state index contributed by atoms with van der Waals surface area (Å²) < 4.78 is 18.9. The Labute approximate surface area is 167 Å². The number of methoxy groups -OCH3 is 2. The van der Waals surface area contributed by atoms with E-state index in [9.17, 15) is 0 Å². The zero-order valence-corrected chi connectivity index (χ0v) is 17.2. The Bertz CT molecular complexity index is 712. The van der Waals surface area contributed by atoms with E-state index < -0.39 is 0 Å². The minimum absolute atomic E-state index is 0. The molecule has 27 heavy (non-hydrogen) atoms. The number of imidazole rings is 1. The van der Waals surface area contributed by atoms with Crippen LogP contribution in [0.25, 0.3) is 0 Å². The van der Waals surface area contributed by atoms with Gasteiger partial charge in [-0.15, -0.1) is 12.4 Å². The molecule has 2 aromatic rings. The minimum atomic E-state index is 0.